The third kappa shape index (κ3) is 2.64. The molecular weight excluding hydrogens is 234 g/mol. The first-order valence-electron chi connectivity index (χ1n) is 7.67. The zero-order valence-corrected chi connectivity index (χ0v) is 12.1. The van der Waals surface area contributed by atoms with Crippen molar-refractivity contribution < 1.29 is 5.11 Å². The van der Waals surface area contributed by atoms with E-state index in [-0.39, 0.29) is 0 Å². The Labute approximate surface area is 116 Å². The van der Waals surface area contributed by atoms with E-state index in [9.17, 15) is 5.11 Å². The lowest BCUT2D eigenvalue weighted by Crippen LogP contribution is -2.47. The van der Waals surface area contributed by atoms with Gasteiger partial charge in [-0.1, -0.05) is 26.0 Å². The number of aryl methyl sites for hydroxylation is 1. The number of piperidine rings is 1. The van der Waals surface area contributed by atoms with Gasteiger partial charge in [-0.3, -0.25) is 4.90 Å². The standard InChI is InChI=1S/C17H25NO/c1-12-8-13(2)11-18(10-12)15-7-6-14-4-3-5-17(19)16(14)9-15/h3-5,12-13,15,19H,6-11H2,1-2H3/t12-,13-,15?/m0/s1. The maximum Gasteiger partial charge on any atom is 0.119 e. The summed E-state index contributed by atoms with van der Waals surface area (Å²) in [6, 6.07) is 6.61. The van der Waals surface area contributed by atoms with Crippen LogP contribution in [-0.4, -0.2) is 29.1 Å². The van der Waals surface area contributed by atoms with E-state index in [4.69, 9.17) is 0 Å². The van der Waals surface area contributed by atoms with Crippen molar-refractivity contribution in [2.45, 2.75) is 45.6 Å². The molecule has 2 heteroatoms. The van der Waals surface area contributed by atoms with Gasteiger partial charge in [0.2, 0.25) is 0 Å². The Balaban J connectivity index is 1.76. The number of phenolic OH excluding ortho intramolecular Hbond substituents is 1. The molecule has 3 rings (SSSR count). The largest absolute Gasteiger partial charge is 0.508 e. The van der Waals surface area contributed by atoms with E-state index in [1.807, 2.05) is 12.1 Å². The minimum absolute atomic E-state index is 0.500. The van der Waals surface area contributed by atoms with Crippen molar-refractivity contribution >= 4 is 0 Å². The molecule has 19 heavy (non-hydrogen) atoms. The van der Waals surface area contributed by atoms with Gasteiger partial charge < -0.3 is 5.11 Å². The number of nitrogens with zero attached hydrogens (tertiary/aromatic N) is 1. The maximum absolute atomic E-state index is 10.1. The van der Waals surface area contributed by atoms with Gasteiger partial charge in [-0.05, 0) is 54.7 Å². The molecule has 0 radical (unpaired) electrons. The second kappa shape index (κ2) is 5.16. The summed E-state index contributed by atoms with van der Waals surface area (Å²) in [5.41, 5.74) is 2.55. The van der Waals surface area contributed by atoms with Crippen LogP contribution in [-0.2, 0) is 12.8 Å². The monoisotopic (exact) mass is 259 g/mol. The van der Waals surface area contributed by atoms with Crippen LogP contribution < -0.4 is 0 Å². The van der Waals surface area contributed by atoms with Gasteiger partial charge in [0, 0.05) is 19.1 Å². The van der Waals surface area contributed by atoms with Crippen LogP contribution in [0.15, 0.2) is 18.2 Å². The molecule has 2 nitrogen and oxygen atoms in total. The van der Waals surface area contributed by atoms with E-state index >= 15 is 0 Å². The van der Waals surface area contributed by atoms with E-state index in [2.05, 4.69) is 24.8 Å². The van der Waals surface area contributed by atoms with Crippen LogP contribution in [0.1, 0.15) is 37.8 Å². The molecule has 1 aliphatic heterocycles. The summed E-state index contributed by atoms with van der Waals surface area (Å²) in [5.74, 6) is 2.13. The van der Waals surface area contributed by atoms with E-state index in [1.54, 1.807) is 0 Å². The summed E-state index contributed by atoms with van der Waals surface area (Å²) >= 11 is 0. The zero-order valence-electron chi connectivity index (χ0n) is 12.1. The number of hydrogen-bond donors (Lipinski definition) is 1. The van der Waals surface area contributed by atoms with Crippen molar-refractivity contribution in [1.82, 2.24) is 4.90 Å². The number of hydrogen-bond acceptors (Lipinski definition) is 2. The van der Waals surface area contributed by atoms with Crippen LogP contribution in [0.3, 0.4) is 0 Å². The predicted molar refractivity (Wildman–Crippen MR) is 78.4 cm³/mol. The second-order valence-electron chi connectivity index (χ2n) is 6.71. The Kier molecular flexibility index (Phi) is 3.53. The first-order valence-corrected chi connectivity index (χ1v) is 7.67. The molecule has 2 aliphatic rings. The Hall–Kier alpha value is -1.02. The van der Waals surface area contributed by atoms with Gasteiger partial charge in [0.05, 0.1) is 0 Å². The topological polar surface area (TPSA) is 23.5 Å². The zero-order chi connectivity index (χ0) is 13.4. The molecule has 1 saturated heterocycles. The summed E-state index contributed by atoms with van der Waals surface area (Å²) in [6.07, 6.45) is 4.76. The molecule has 1 aromatic carbocycles. The quantitative estimate of drug-likeness (QED) is 0.837. The molecule has 1 aromatic rings. The molecule has 1 unspecified atom stereocenters. The molecular formula is C17H25NO. The highest BCUT2D eigenvalue weighted by molar-refractivity contribution is 5.41. The highest BCUT2D eigenvalue weighted by atomic mass is 16.3. The van der Waals surface area contributed by atoms with E-state index in [0.29, 0.717) is 11.8 Å². The van der Waals surface area contributed by atoms with Gasteiger partial charge in [-0.25, -0.2) is 0 Å². The fourth-order valence-electron chi connectivity index (χ4n) is 4.07. The Morgan fingerprint density at radius 2 is 1.89 bits per heavy atom. The summed E-state index contributed by atoms with van der Waals surface area (Å²) in [5, 5.41) is 10.1. The second-order valence-corrected chi connectivity index (χ2v) is 6.71. The van der Waals surface area contributed by atoms with E-state index < -0.39 is 0 Å². The lowest BCUT2D eigenvalue weighted by molar-refractivity contribution is 0.0875. The molecule has 104 valence electrons. The van der Waals surface area contributed by atoms with Crippen LogP contribution >= 0.6 is 0 Å². The Morgan fingerprint density at radius 1 is 1.16 bits per heavy atom. The summed E-state index contributed by atoms with van der Waals surface area (Å²) < 4.78 is 0. The molecule has 0 bridgehead atoms. The van der Waals surface area contributed by atoms with Crippen molar-refractivity contribution in [3.63, 3.8) is 0 Å². The summed E-state index contributed by atoms with van der Waals surface area (Å²) in [6.45, 7) is 7.21. The highest BCUT2D eigenvalue weighted by Crippen LogP contribution is 2.33. The average molecular weight is 259 g/mol. The molecule has 0 spiro atoms. The van der Waals surface area contributed by atoms with Gasteiger partial charge in [-0.2, -0.15) is 0 Å². The van der Waals surface area contributed by atoms with Crippen LogP contribution in [0.2, 0.25) is 0 Å². The lowest BCUT2D eigenvalue weighted by Gasteiger charge is -2.42. The van der Waals surface area contributed by atoms with Gasteiger partial charge in [-0.15, -0.1) is 0 Å². The van der Waals surface area contributed by atoms with Crippen molar-refractivity contribution in [3.8, 4) is 5.75 Å². The first-order chi connectivity index (χ1) is 9.13. The van der Waals surface area contributed by atoms with Gasteiger partial charge in [0.25, 0.3) is 0 Å². The summed E-state index contributed by atoms with van der Waals surface area (Å²) in [4.78, 5) is 2.67. The Bertz CT molecular complexity index is 447. The molecule has 0 saturated carbocycles. The number of aromatic hydroxyl groups is 1. The van der Waals surface area contributed by atoms with Crippen LogP contribution in [0.4, 0.5) is 0 Å². The SMILES string of the molecule is C[C@H]1C[C@H](C)CN(C2CCc3cccc(O)c3C2)C1. The van der Waals surface area contributed by atoms with Crippen molar-refractivity contribution in [3.05, 3.63) is 29.3 Å². The van der Waals surface area contributed by atoms with Crippen LogP contribution in [0, 0.1) is 11.8 Å². The van der Waals surface area contributed by atoms with Crippen molar-refractivity contribution in [1.29, 1.82) is 0 Å². The number of rotatable bonds is 1. The molecule has 0 amide bonds. The van der Waals surface area contributed by atoms with Crippen molar-refractivity contribution in [2.24, 2.45) is 11.8 Å². The van der Waals surface area contributed by atoms with Gasteiger partial charge in [0.15, 0.2) is 0 Å². The molecule has 1 aliphatic carbocycles. The number of likely N-dealkylation sites (tertiary alicyclic amines) is 1. The molecule has 1 N–H and O–H groups in total. The highest BCUT2D eigenvalue weighted by Gasteiger charge is 2.30. The van der Waals surface area contributed by atoms with Crippen LogP contribution in [0.25, 0.3) is 0 Å². The normalized spacial score (nSPS) is 32.0. The Morgan fingerprint density at radius 3 is 2.63 bits per heavy atom. The number of fused-ring (bicyclic) bond motifs is 1. The smallest absolute Gasteiger partial charge is 0.119 e. The molecule has 3 atom stereocenters. The van der Waals surface area contributed by atoms with Crippen molar-refractivity contribution in [2.75, 3.05) is 13.1 Å². The first kappa shape index (κ1) is 13.0. The third-order valence-corrected chi connectivity index (χ3v) is 4.85. The lowest BCUT2D eigenvalue weighted by atomic mass is 9.84. The predicted octanol–water partition coefficient (Wildman–Crippen LogP) is 3.23. The minimum atomic E-state index is 0.500. The number of benzene rings is 1. The average Bonchev–Trinajstić information content (AvgIpc) is 2.38. The van der Waals surface area contributed by atoms with Crippen LogP contribution in [0.5, 0.6) is 5.75 Å². The third-order valence-electron chi connectivity index (χ3n) is 4.85. The van der Waals surface area contributed by atoms with E-state index in [0.717, 1.165) is 24.7 Å². The maximum atomic E-state index is 10.1. The summed E-state index contributed by atoms with van der Waals surface area (Å²) in [7, 11) is 0. The fourth-order valence-corrected chi connectivity index (χ4v) is 4.07. The van der Waals surface area contributed by atoms with Gasteiger partial charge in [0.1, 0.15) is 5.75 Å². The number of phenols is 1. The fraction of sp³-hybridized carbons (Fsp3) is 0.647. The molecule has 1 heterocycles. The molecule has 1 fully saturated rings. The van der Waals surface area contributed by atoms with Gasteiger partial charge >= 0.3 is 0 Å². The van der Waals surface area contributed by atoms with E-state index in [1.165, 1.54) is 37.1 Å². The minimum Gasteiger partial charge on any atom is -0.508 e. The molecule has 0 aromatic heterocycles.